The number of benzene rings is 2. The molecule has 2 amide bonds. The zero-order chi connectivity index (χ0) is 22.8. The van der Waals surface area contributed by atoms with Crippen LogP contribution in [0.15, 0.2) is 48.5 Å². The number of carbonyl (C=O) groups is 3. The monoisotopic (exact) mass is 468 g/mol. The van der Waals surface area contributed by atoms with E-state index in [9.17, 15) is 14.4 Å². The molecule has 6 nitrogen and oxygen atoms in total. The molecule has 0 spiro atoms. The number of fused-ring (bicyclic) bond motifs is 2. The van der Waals surface area contributed by atoms with Crippen molar-refractivity contribution in [1.82, 2.24) is 9.88 Å². The van der Waals surface area contributed by atoms with Crippen LogP contribution in [0.2, 0.25) is 5.15 Å². The molecule has 2 aromatic carbocycles. The first-order valence-corrected chi connectivity index (χ1v) is 11.9. The van der Waals surface area contributed by atoms with Gasteiger partial charge in [0.2, 0.25) is 0 Å². The minimum Gasteiger partial charge on any atom is -0.459 e. The first kappa shape index (κ1) is 22.3. The molecule has 1 aliphatic rings. The molecule has 32 heavy (non-hydrogen) atoms. The molecule has 0 N–H and O–H groups in total. The van der Waals surface area contributed by atoms with E-state index in [4.69, 9.17) is 16.3 Å². The molecule has 0 radical (unpaired) electrons. The van der Waals surface area contributed by atoms with E-state index in [1.54, 1.807) is 24.3 Å². The van der Waals surface area contributed by atoms with Gasteiger partial charge in [-0.3, -0.25) is 14.5 Å². The van der Waals surface area contributed by atoms with Gasteiger partial charge in [0.05, 0.1) is 16.6 Å². The lowest BCUT2D eigenvalue weighted by Gasteiger charge is -2.24. The summed E-state index contributed by atoms with van der Waals surface area (Å²) >= 11 is 7.84. The van der Waals surface area contributed by atoms with Crippen molar-refractivity contribution in [1.29, 1.82) is 0 Å². The lowest BCUT2D eigenvalue weighted by molar-refractivity contribution is -0.149. The van der Waals surface area contributed by atoms with Crippen molar-refractivity contribution in [3.63, 3.8) is 0 Å². The standard InChI is InChI=1S/C24H21ClN2O4S/c1-14-7-8-15-12-16(21(25)26-19(15)11-14)13-31-24(30)20(9-10-32-2)27-22(28)17-5-3-4-6-18(17)23(27)29/h3-8,11-12,20H,9-10,13H2,1-2H3. The van der Waals surface area contributed by atoms with Crippen LogP contribution in [0.3, 0.4) is 0 Å². The van der Waals surface area contributed by atoms with Crippen LogP contribution in [0, 0.1) is 6.92 Å². The van der Waals surface area contributed by atoms with E-state index in [0.29, 0.717) is 28.9 Å². The Labute approximate surface area is 194 Å². The Morgan fingerprint density at radius 1 is 1.12 bits per heavy atom. The molecule has 1 aromatic heterocycles. The highest BCUT2D eigenvalue weighted by atomic mass is 35.5. The number of imide groups is 1. The van der Waals surface area contributed by atoms with Crippen LogP contribution in [-0.2, 0) is 16.1 Å². The zero-order valence-electron chi connectivity index (χ0n) is 17.6. The second-order valence-electron chi connectivity index (χ2n) is 7.57. The van der Waals surface area contributed by atoms with Crippen LogP contribution in [0.4, 0.5) is 0 Å². The maximum atomic E-state index is 13.0. The minimum absolute atomic E-state index is 0.104. The zero-order valence-corrected chi connectivity index (χ0v) is 19.2. The number of thioether (sulfide) groups is 1. The quantitative estimate of drug-likeness (QED) is 0.285. The van der Waals surface area contributed by atoms with Crippen molar-refractivity contribution in [3.8, 4) is 0 Å². The molecular formula is C24H21ClN2O4S. The predicted octanol–water partition coefficient (Wildman–Crippen LogP) is 4.66. The Balaban J connectivity index is 1.55. The van der Waals surface area contributed by atoms with Crippen LogP contribution >= 0.6 is 23.4 Å². The summed E-state index contributed by atoms with van der Waals surface area (Å²) in [7, 11) is 0. The van der Waals surface area contributed by atoms with E-state index in [1.807, 2.05) is 37.4 Å². The third kappa shape index (κ3) is 4.23. The Morgan fingerprint density at radius 2 is 1.81 bits per heavy atom. The lowest BCUT2D eigenvalue weighted by atomic mass is 10.1. The van der Waals surface area contributed by atoms with Gasteiger partial charge in [-0.1, -0.05) is 35.9 Å². The number of ether oxygens (including phenoxy) is 1. The molecule has 0 saturated heterocycles. The number of nitrogens with zero attached hydrogens (tertiary/aromatic N) is 2. The summed E-state index contributed by atoms with van der Waals surface area (Å²) < 4.78 is 5.53. The summed E-state index contributed by atoms with van der Waals surface area (Å²) in [5, 5.41) is 1.13. The number of rotatable bonds is 7. The molecular weight excluding hydrogens is 448 g/mol. The molecule has 4 rings (SSSR count). The first-order chi connectivity index (χ1) is 15.4. The number of hydrogen-bond acceptors (Lipinski definition) is 6. The van der Waals surface area contributed by atoms with Crippen LogP contribution in [0.25, 0.3) is 10.9 Å². The van der Waals surface area contributed by atoms with Crippen molar-refractivity contribution in [2.75, 3.05) is 12.0 Å². The number of pyridine rings is 1. The normalized spacial score (nSPS) is 14.0. The Hall–Kier alpha value is -2.90. The average Bonchev–Trinajstić information content (AvgIpc) is 3.03. The first-order valence-electron chi connectivity index (χ1n) is 10.1. The highest BCUT2D eigenvalue weighted by Gasteiger charge is 2.43. The highest BCUT2D eigenvalue weighted by molar-refractivity contribution is 7.98. The Kier molecular flexibility index (Phi) is 6.48. The molecule has 1 atom stereocenters. The third-order valence-electron chi connectivity index (χ3n) is 5.37. The van der Waals surface area contributed by atoms with Crippen LogP contribution in [0.5, 0.6) is 0 Å². The van der Waals surface area contributed by atoms with E-state index < -0.39 is 23.8 Å². The summed E-state index contributed by atoms with van der Waals surface area (Å²) in [6.07, 6.45) is 2.20. The van der Waals surface area contributed by atoms with Crippen LogP contribution < -0.4 is 0 Å². The molecule has 2 heterocycles. The third-order valence-corrected chi connectivity index (χ3v) is 6.35. The second-order valence-corrected chi connectivity index (χ2v) is 8.91. The summed E-state index contributed by atoms with van der Waals surface area (Å²) in [4.78, 5) is 44.2. The van der Waals surface area contributed by atoms with Gasteiger partial charge < -0.3 is 4.74 Å². The fourth-order valence-corrected chi connectivity index (χ4v) is 4.38. The van der Waals surface area contributed by atoms with Crippen molar-refractivity contribution in [2.24, 2.45) is 0 Å². The number of halogens is 1. The number of esters is 1. The second kappa shape index (κ2) is 9.30. The molecule has 3 aromatic rings. The van der Waals surface area contributed by atoms with Gasteiger partial charge in [-0.05, 0) is 55.2 Å². The number of hydrogen-bond donors (Lipinski definition) is 0. The van der Waals surface area contributed by atoms with Crippen LogP contribution in [-0.4, -0.2) is 45.7 Å². The molecule has 8 heteroatoms. The SMILES string of the molecule is CSCCC(C(=O)OCc1cc2ccc(C)cc2nc1Cl)N1C(=O)c2ccccc2C1=O. The molecule has 1 aliphatic heterocycles. The van der Waals surface area contributed by atoms with Gasteiger partial charge in [-0.25, -0.2) is 9.78 Å². The van der Waals surface area contributed by atoms with E-state index in [-0.39, 0.29) is 11.8 Å². The predicted molar refractivity (Wildman–Crippen MR) is 125 cm³/mol. The van der Waals surface area contributed by atoms with E-state index >= 15 is 0 Å². The lowest BCUT2D eigenvalue weighted by Crippen LogP contribution is -2.46. The average molecular weight is 469 g/mol. The molecule has 0 fully saturated rings. The number of aryl methyl sites for hydroxylation is 1. The molecule has 1 unspecified atom stereocenters. The maximum absolute atomic E-state index is 13.0. The molecule has 164 valence electrons. The smallest absolute Gasteiger partial charge is 0.329 e. The summed E-state index contributed by atoms with van der Waals surface area (Å²) in [6.45, 7) is 1.87. The van der Waals surface area contributed by atoms with Crippen molar-refractivity contribution in [3.05, 3.63) is 75.9 Å². The topological polar surface area (TPSA) is 76.6 Å². The largest absolute Gasteiger partial charge is 0.459 e. The van der Waals surface area contributed by atoms with Crippen molar-refractivity contribution >= 4 is 52.0 Å². The van der Waals surface area contributed by atoms with Gasteiger partial charge in [-0.15, -0.1) is 0 Å². The molecule has 0 aliphatic carbocycles. The summed E-state index contributed by atoms with van der Waals surface area (Å²) in [5.41, 5.74) is 2.99. The number of aromatic nitrogens is 1. The Morgan fingerprint density at radius 3 is 2.47 bits per heavy atom. The highest BCUT2D eigenvalue weighted by Crippen LogP contribution is 2.27. The fraction of sp³-hybridized carbons (Fsp3) is 0.250. The van der Waals surface area contributed by atoms with Crippen LogP contribution in [0.1, 0.15) is 38.3 Å². The summed E-state index contributed by atoms with van der Waals surface area (Å²) in [6, 6.07) is 13.2. The van der Waals surface area contributed by atoms with E-state index in [1.165, 1.54) is 11.8 Å². The maximum Gasteiger partial charge on any atom is 0.329 e. The van der Waals surface area contributed by atoms with E-state index in [2.05, 4.69) is 4.98 Å². The van der Waals surface area contributed by atoms with Gasteiger partial charge in [0.25, 0.3) is 11.8 Å². The van der Waals surface area contributed by atoms with Gasteiger partial charge in [0, 0.05) is 10.9 Å². The van der Waals surface area contributed by atoms with E-state index in [0.717, 1.165) is 21.4 Å². The molecule has 0 saturated carbocycles. The van der Waals surface area contributed by atoms with Gasteiger partial charge in [-0.2, -0.15) is 11.8 Å². The fourth-order valence-electron chi connectivity index (χ4n) is 3.72. The van der Waals surface area contributed by atoms with Crippen molar-refractivity contribution in [2.45, 2.75) is 26.0 Å². The number of carbonyl (C=O) groups excluding carboxylic acids is 3. The van der Waals surface area contributed by atoms with Gasteiger partial charge >= 0.3 is 5.97 Å². The van der Waals surface area contributed by atoms with Gasteiger partial charge in [0.15, 0.2) is 0 Å². The van der Waals surface area contributed by atoms with Crippen molar-refractivity contribution < 1.29 is 19.1 Å². The Bertz CT molecular complexity index is 1190. The van der Waals surface area contributed by atoms with Gasteiger partial charge in [0.1, 0.15) is 17.8 Å². The molecule has 0 bridgehead atoms. The minimum atomic E-state index is -1.01. The summed E-state index contributed by atoms with van der Waals surface area (Å²) in [5.74, 6) is -1.01. The number of amides is 2.